The largest absolute Gasteiger partial charge is 0.303 e. The van der Waals surface area contributed by atoms with Crippen LogP contribution in [0.4, 0.5) is 0 Å². The Morgan fingerprint density at radius 2 is 1.80 bits per heavy atom. The Labute approximate surface area is 91.8 Å². The van der Waals surface area contributed by atoms with Gasteiger partial charge in [0.1, 0.15) is 6.29 Å². The molecule has 1 nitrogen and oxygen atoms in total. The molecule has 0 aliphatic heterocycles. The van der Waals surface area contributed by atoms with Crippen molar-refractivity contribution in [1.82, 2.24) is 0 Å². The van der Waals surface area contributed by atoms with Gasteiger partial charge >= 0.3 is 0 Å². The first-order valence-corrected chi connectivity index (χ1v) is 5.33. The summed E-state index contributed by atoms with van der Waals surface area (Å²) in [6.45, 7) is 7.97. The molecule has 0 amide bonds. The van der Waals surface area contributed by atoms with Crippen molar-refractivity contribution in [3.63, 3.8) is 0 Å². The molecule has 0 radical (unpaired) electrons. The van der Waals surface area contributed by atoms with Crippen LogP contribution in [0.2, 0.25) is 0 Å². The molecule has 0 unspecified atom stereocenters. The van der Waals surface area contributed by atoms with Crippen LogP contribution in [0.1, 0.15) is 25.3 Å². The van der Waals surface area contributed by atoms with Crippen molar-refractivity contribution in [3.05, 3.63) is 48.6 Å². The Morgan fingerprint density at radius 3 is 2.20 bits per heavy atom. The summed E-state index contributed by atoms with van der Waals surface area (Å²) in [5, 5.41) is 0. The van der Waals surface area contributed by atoms with Gasteiger partial charge < -0.3 is 4.79 Å². The number of aldehydes is 1. The predicted octanol–water partition coefficient (Wildman–Crippen LogP) is 3.43. The van der Waals surface area contributed by atoms with Crippen LogP contribution in [0.15, 0.2) is 43.0 Å². The smallest absolute Gasteiger partial charge is 0.124 e. The first-order chi connectivity index (χ1) is 7.20. The third kappa shape index (κ3) is 2.79. The van der Waals surface area contributed by atoms with Crippen molar-refractivity contribution >= 4 is 6.29 Å². The molecule has 1 aromatic rings. The lowest BCUT2D eigenvalue weighted by molar-refractivity contribution is -0.112. The zero-order valence-electron chi connectivity index (χ0n) is 9.39. The second-order valence-corrected chi connectivity index (χ2v) is 4.13. The molecule has 0 fully saturated rings. The van der Waals surface area contributed by atoms with Crippen LogP contribution in [0.25, 0.3) is 0 Å². The number of carbonyl (C=O) groups is 1. The SMILES string of the molecule is C=C[C@@H](c1ccccc1)[C@H](C=O)C(C)C. The van der Waals surface area contributed by atoms with Crippen molar-refractivity contribution in [2.75, 3.05) is 0 Å². The Kier molecular flexibility index (Phi) is 4.29. The topological polar surface area (TPSA) is 17.1 Å². The molecule has 0 aliphatic rings. The average molecular weight is 202 g/mol. The molecule has 1 aromatic carbocycles. The minimum atomic E-state index is 0.0184. The number of rotatable bonds is 5. The summed E-state index contributed by atoms with van der Waals surface area (Å²) in [4.78, 5) is 11.1. The molecule has 2 atom stereocenters. The van der Waals surface area contributed by atoms with Crippen LogP contribution in [-0.4, -0.2) is 6.29 Å². The Hall–Kier alpha value is -1.37. The van der Waals surface area contributed by atoms with Gasteiger partial charge in [-0.25, -0.2) is 0 Å². The van der Waals surface area contributed by atoms with Crippen molar-refractivity contribution in [1.29, 1.82) is 0 Å². The van der Waals surface area contributed by atoms with E-state index in [2.05, 4.69) is 20.4 Å². The number of carbonyl (C=O) groups excluding carboxylic acids is 1. The van der Waals surface area contributed by atoms with E-state index in [1.807, 2.05) is 36.4 Å². The first kappa shape index (κ1) is 11.7. The van der Waals surface area contributed by atoms with E-state index in [0.717, 1.165) is 6.29 Å². The highest BCUT2D eigenvalue weighted by Gasteiger charge is 2.22. The molecular formula is C14H18O. The summed E-state index contributed by atoms with van der Waals surface area (Å²) in [5.41, 5.74) is 1.17. The summed E-state index contributed by atoms with van der Waals surface area (Å²) in [7, 11) is 0. The number of benzene rings is 1. The van der Waals surface area contributed by atoms with E-state index in [9.17, 15) is 4.79 Å². The number of hydrogen-bond donors (Lipinski definition) is 0. The van der Waals surface area contributed by atoms with Gasteiger partial charge in [0.25, 0.3) is 0 Å². The molecule has 80 valence electrons. The van der Waals surface area contributed by atoms with E-state index in [0.29, 0.717) is 5.92 Å². The van der Waals surface area contributed by atoms with Gasteiger partial charge in [-0.3, -0.25) is 0 Å². The first-order valence-electron chi connectivity index (χ1n) is 5.33. The van der Waals surface area contributed by atoms with E-state index in [1.165, 1.54) is 5.56 Å². The molecule has 0 N–H and O–H groups in total. The predicted molar refractivity (Wildman–Crippen MR) is 63.8 cm³/mol. The summed E-state index contributed by atoms with van der Waals surface area (Å²) in [6, 6.07) is 10.1. The van der Waals surface area contributed by atoms with Gasteiger partial charge in [0, 0.05) is 11.8 Å². The zero-order chi connectivity index (χ0) is 11.3. The van der Waals surface area contributed by atoms with Crippen LogP contribution in [0.3, 0.4) is 0 Å². The molecule has 0 bridgehead atoms. The van der Waals surface area contributed by atoms with Gasteiger partial charge in [-0.05, 0) is 11.5 Å². The van der Waals surface area contributed by atoms with E-state index >= 15 is 0 Å². The van der Waals surface area contributed by atoms with Crippen LogP contribution in [0, 0.1) is 11.8 Å². The van der Waals surface area contributed by atoms with E-state index < -0.39 is 0 Å². The highest BCUT2D eigenvalue weighted by atomic mass is 16.1. The molecule has 0 saturated heterocycles. The minimum absolute atomic E-state index is 0.0184. The molecule has 15 heavy (non-hydrogen) atoms. The zero-order valence-corrected chi connectivity index (χ0v) is 9.39. The maximum atomic E-state index is 11.1. The molecule has 0 saturated carbocycles. The van der Waals surface area contributed by atoms with E-state index in [-0.39, 0.29) is 11.8 Å². The number of allylic oxidation sites excluding steroid dienone is 1. The third-order valence-electron chi connectivity index (χ3n) is 2.78. The van der Waals surface area contributed by atoms with E-state index in [4.69, 9.17) is 0 Å². The highest BCUT2D eigenvalue weighted by molar-refractivity contribution is 5.57. The lowest BCUT2D eigenvalue weighted by Crippen LogP contribution is -2.18. The summed E-state index contributed by atoms with van der Waals surface area (Å²) < 4.78 is 0. The molecular weight excluding hydrogens is 184 g/mol. The molecule has 0 spiro atoms. The third-order valence-corrected chi connectivity index (χ3v) is 2.78. The van der Waals surface area contributed by atoms with Crippen LogP contribution in [0.5, 0.6) is 0 Å². The standard InChI is InChI=1S/C14H18O/c1-4-13(14(10-15)11(2)3)12-8-6-5-7-9-12/h4-11,13-14H,1H2,2-3H3/t13-,14+/m0/s1. The highest BCUT2D eigenvalue weighted by Crippen LogP contribution is 2.29. The second-order valence-electron chi connectivity index (χ2n) is 4.13. The molecule has 0 heterocycles. The fourth-order valence-electron chi connectivity index (χ4n) is 1.85. The molecule has 1 heteroatoms. The van der Waals surface area contributed by atoms with Crippen molar-refractivity contribution < 1.29 is 4.79 Å². The van der Waals surface area contributed by atoms with Gasteiger partial charge in [-0.2, -0.15) is 0 Å². The van der Waals surface area contributed by atoms with Gasteiger partial charge in [0.15, 0.2) is 0 Å². The molecule has 1 rings (SSSR count). The molecule has 0 aliphatic carbocycles. The lowest BCUT2D eigenvalue weighted by Gasteiger charge is -2.23. The Morgan fingerprint density at radius 1 is 1.20 bits per heavy atom. The average Bonchev–Trinajstić information content (AvgIpc) is 2.26. The quantitative estimate of drug-likeness (QED) is 0.528. The Bertz CT molecular complexity index is 313. The summed E-state index contributed by atoms with van der Waals surface area (Å²) in [6.07, 6.45) is 2.92. The van der Waals surface area contributed by atoms with Gasteiger partial charge in [0.05, 0.1) is 0 Å². The monoisotopic (exact) mass is 202 g/mol. The maximum absolute atomic E-state index is 11.1. The summed E-state index contributed by atoms with van der Waals surface area (Å²) in [5.74, 6) is 0.485. The van der Waals surface area contributed by atoms with E-state index in [1.54, 1.807) is 0 Å². The van der Waals surface area contributed by atoms with Crippen molar-refractivity contribution in [3.8, 4) is 0 Å². The minimum Gasteiger partial charge on any atom is -0.303 e. The van der Waals surface area contributed by atoms with Gasteiger partial charge in [-0.1, -0.05) is 50.3 Å². The fourth-order valence-corrected chi connectivity index (χ4v) is 1.85. The molecule has 0 aromatic heterocycles. The maximum Gasteiger partial charge on any atom is 0.124 e. The van der Waals surface area contributed by atoms with Crippen LogP contribution >= 0.6 is 0 Å². The summed E-state index contributed by atoms with van der Waals surface area (Å²) >= 11 is 0. The van der Waals surface area contributed by atoms with Crippen LogP contribution in [-0.2, 0) is 4.79 Å². The van der Waals surface area contributed by atoms with Gasteiger partial charge in [-0.15, -0.1) is 6.58 Å². The van der Waals surface area contributed by atoms with Gasteiger partial charge in [0.2, 0.25) is 0 Å². The van der Waals surface area contributed by atoms with Crippen LogP contribution < -0.4 is 0 Å². The normalized spacial score (nSPS) is 14.6. The van der Waals surface area contributed by atoms with Crippen molar-refractivity contribution in [2.24, 2.45) is 11.8 Å². The second kappa shape index (κ2) is 5.50. The Balaban J connectivity index is 2.97. The lowest BCUT2D eigenvalue weighted by atomic mass is 9.80. The fraction of sp³-hybridized carbons (Fsp3) is 0.357. The van der Waals surface area contributed by atoms with Crippen molar-refractivity contribution in [2.45, 2.75) is 19.8 Å². The number of hydrogen-bond acceptors (Lipinski definition) is 1.